The lowest BCUT2D eigenvalue weighted by Crippen LogP contribution is -2.13. The van der Waals surface area contributed by atoms with Crippen LogP contribution in [0.4, 0.5) is 0 Å². The van der Waals surface area contributed by atoms with Crippen molar-refractivity contribution < 1.29 is 4.79 Å². The number of amides is 1. The molecule has 0 radical (unpaired) electrons. The first kappa shape index (κ1) is 12.0. The second-order valence-electron chi connectivity index (χ2n) is 5.13. The molecular weight excluding hydrogens is 234 g/mol. The van der Waals surface area contributed by atoms with Gasteiger partial charge in [0.2, 0.25) is 5.91 Å². The first-order valence-corrected chi connectivity index (χ1v) is 6.73. The summed E-state index contributed by atoms with van der Waals surface area (Å²) in [5.74, 6) is 0.0856. The summed E-state index contributed by atoms with van der Waals surface area (Å²) >= 11 is 0. The van der Waals surface area contributed by atoms with Crippen molar-refractivity contribution in [2.45, 2.75) is 25.2 Å². The van der Waals surface area contributed by atoms with Gasteiger partial charge in [0.1, 0.15) is 0 Å². The maximum Gasteiger partial charge on any atom is 0.248 e. The van der Waals surface area contributed by atoms with E-state index in [0.717, 1.165) is 0 Å². The van der Waals surface area contributed by atoms with E-state index in [1.54, 1.807) is 0 Å². The van der Waals surface area contributed by atoms with Crippen molar-refractivity contribution in [3.05, 3.63) is 70.8 Å². The fourth-order valence-corrected chi connectivity index (χ4v) is 2.98. The van der Waals surface area contributed by atoms with E-state index in [4.69, 9.17) is 5.73 Å². The number of fused-ring (bicyclic) bond motifs is 1. The van der Waals surface area contributed by atoms with Crippen molar-refractivity contribution in [2.75, 3.05) is 0 Å². The molecule has 96 valence electrons. The van der Waals surface area contributed by atoms with E-state index in [0.29, 0.717) is 11.5 Å². The number of benzene rings is 2. The highest BCUT2D eigenvalue weighted by Crippen LogP contribution is 2.36. The molecule has 0 aromatic heterocycles. The zero-order chi connectivity index (χ0) is 13.2. The Labute approximate surface area is 113 Å². The van der Waals surface area contributed by atoms with Gasteiger partial charge < -0.3 is 5.73 Å². The number of hydrogen-bond donors (Lipinski definition) is 1. The van der Waals surface area contributed by atoms with Crippen LogP contribution in [0.15, 0.2) is 48.5 Å². The molecule has 0 fully saturated rings. The van der Waals surface area contributed by atoms with Gasteiger partial charge in [-0.25, -0.2) is 0 Å². The summed E-state index contributed by atoms with van der Waals surface area (Å²) in [7, 11) is 0. The molecule has 1 atom stereocenters. The molecule has 19 heavy (non-hydrogen) atoms. The number of primary amides is 1. The summed E-state index contributed by atoms with van der Waals surface area (Å²) < 4.78 is 0. The van der Waals surface area contributed by atoms with Gasteiger partial charge in [-0.1, -0.05) is 36.4 Å². The van der Waals surface area contributed by atoms with Crippen LogP contribution in [-0.4, -0.2) is 5.91 Å². The van der Waals surface area contributed by atoms with Gasteiger partial charge in [-0.05, 0) is 48.1 Å². The van der Waals surface area contributed by atoms with Crippen LogP contribution in [0.2, 0.25) is 0 Å². The third kappa shape index (κ3) is 2.26. The van der Waals surface area contributed by atoms with Gasteiger partial charge in [0, 0.05) is 11.5 Å². The van der Waals surface area contributed by atoms with E-state index in [1.165, 1.54) is 36.0 Å². The fourth-order valence-electron chi connectivity index (χ4n) is 2.98. The number of carbonyl (C=O) groups is 1. The predicted molar refractivity (Wildman–Crippen MR) is 76.2 cm³/mol. The third-order valence-corrected chi connectivity index (χ3v) is 3.97. The molecule has 0 saturated heterocycles. The van der Waals surface area contributed by atoms with Gasteiger partial charge >= 0.3 is 0 Å². The van der Waals surface area contributed by atoms with Crippen LogP contribution in [0.25, 0.3) is 0 Å². The van der Waals surface area contributed by atoms with Gasteiger partial charge in [-0.3, -0.25) is 4.79 Å². The SMILES string of the molecule is NC(=O)c1ccc(C2CCCc3ccccc32)cc1. The fraction of sp³-hybridized carbons (Fsp3) is 0.235. The topological polar surface area (TPSA) is 43.1 Å². The summed E-state index contributed by atoms with van der Waals surface area (Å²) in [5.41, 5.74) is 10.0. The Hall–Kier alpha value is -2.09. The molecule has 3 rings (SSSR count). The van der Waals surface area contributed by atoms with Crippen molar-refractivity contribution in [1.82, 2.24) is 0 Å². The van der Waals surface area contributed by atoms with Crippen molar-refractivity contribution >= 4 is 5.91 Å². The summed E-state index contributed by atoms with van der Waals surface area (Å²) in [4.78, 5) is 11.1. The van der Waals surface area contributed by atoms with Gasteiger partial charge in [0.25, 0.3) is 0 Å². The number of aryl methyl sites for hydroxylation is 1. The van der Waals surface area contributed by atoms with Crippen LogP contribution in [0.3, 0.4) is 0 Å². The Kier molecular flexibility index (Phi) is 3.08. The molecule has 2 aromatic rings. The monoisotopic (exact) mass is 251 g/mol. The Morgan fingerprint density at radius 3 is 2.53 bits per heavy atom. The molecule has 0 spiro atoms. The Bertz CT molecular complexity index is 601. The highest BCUT2D eigenvalue weighted by molar-refractivity contribution is 5.92. The molecule has 1 aliphatic carbocycles. The molecule has 2 aromatic carbocycles. The second-order valence-corrected chi connectivity index (χ2v) is 5.13. The molecule has 1 amide bonds. The average Bonchev–Trinajstić information content (AvgIpc) is 2.47. The standard InChI is InChI=1S/C17H17NO/c18-17(19)14-10-8-13(9-11-14)16-7-3-5-12-4-1-2-6-15(12)16/h1-2,4,6,8-11,16H,3,5,7H2,(H2,18,19). The third-order valence-electron chi connectivity index (χ3n) is 3.97. The Balaban J connectivity index is 1.97. The highest BCUT2D eigenvalue weighted by atomic mass is 16.1. The lowest BCUT2D eigenvalue weighted by molar-refractivity contribution is 0.100. The van der Waals surface area contributed by atoms with E-state index in [9.17, 15) is 4.79 Å². The summed E-state index contributed by atoms with van der Waals surface area (Å²) in [6.45, 7) is 0. The summed E-state index contributed by atoms with van der Waals surface area (Å²) in [5, 5.41) is 0. The number of carbonyl (C=O) groups excluding carboxylic acids is 1. The molecule has 1 unspecified atom stereocenters. The van der Waals surface area contributed by atoms with E-state index in [2.05, 4.69) is 24.3 Å². The van der Waals surface area contributed by atoms with Gasteiger partial charge in [-0.15, -0.1) is 0 Å². The van der Waals surface area contributed by atoms with E-state index < -0.39 is 0 Å². The zero-order valence-electron chi connectivity index (χ0n) is 10.8. The quantitative estimate of drug-likeness (QED) is 0.874. The number of nitrogens with two attached hydrogens (primary N) is 1. The van der Waals surface area contributed by atoms with Gasteiger partial charge in [0.05, 0.1) is 0 Å². The van der Waals surface area contributed by atoms with Crippen LogP contribution < -0.4 is 5.73 Å². The molecule has 1 aliphatic rings. The average molecular weight is 251 g/mol. The Morgan fingerprint density at radius 2 is 1.79 bits per heavy atom. The summed E-state index contributed by atoms with van der Waals surface area (Å²) in [6, 6.07) is 16.4. The summed E-state index contributed by atoms with van der Waals surface area (Å²) in [6.07, 6.45) is 3.57. The van der Waals surface area contributed by atoms with E-state index in [1.807, 2.05) is 24.3 Å². The molecular formula is C17H17NO. The highest BCUT2D eigenvalue weighted by Gasteiger charge is 2.21. The molecule has 0 aliphatic heterocycles. The van der Waals surface area contributed by atoms with Gasteiger partial charge in [-0.2, -0.15) is 0 Å². The minimum absolute atomic E-state index is 0.365. The number of hydrogen-bond acceptors (Lipinski definition) is 1. The van der Waals surface area contributed by atoms with Crippen LogP contribution in [0.1, 0.15) is 45.8 Å². The maximum absolute atomic E-state index is 11.1. The van der Waals surface area contributed by atoms with Crippen LogP contribution in [0, 0.1) is 0 Å². The predicted octanol–water partition coefficient (Wildman–Crippen LogP) is 3.25. The van der Waals surface area contributed by atoms with Gasteiger partial charge in [0.15, 0.2) is 0 Å². The molecule has 2 nitrogen and oxygen atoms in total. The zero-order valence-corrected chi connectivity index (χ0v) is 10.8. The smallest absolute Gasteiger partial charge is 0.248 e. The second kappa shape index (κ2) is 4.88. The van der Waals surface area contributed by atoms with Crippen molar-refractivity contribution in [3.8, 4) is 0 Å². The normalized spacial score (nSPS) is 17.8. The van der Waals surface area contributed by atoms with Crippen molar-refractivity contribution in [1.29, 1.82) is 0 Å². The van der Waals surface area contributed by atoms with Crippen molar-refractivity contribution in [3.63, 3.8) is 0 Å². The molecule has 0 heterocycles. The maximum atomic E-state index is 11.1. The lowest BCUT2D eigenvalue weighted by atomic mass is 9.79. The lowest BCUT2D eigenvalue weighted by Gasteiger charge is -2.26. The largest absolute Gasteiger partial charge is 0.366 e. The molecule has 0 bridgehead atoms. The van der Waals surface area contributed by atoms with E-state index >= 15 is 0 Å². The van der Waals surface area contributed by atoms with Crippen LogP contribution >= 0.6 is 0 Å². The van der Waals surface area contributed by atoms with E-state index in [-0.39, 0.29) is 5.91 Å². The first-order valence-electron chi connectivity index (χ1n) is 6.73. The molecule has 2 N–H and O–H groups in total. The number of rotatable bonds is 2. The molecule has 0 saturated carbocycles. The van der Waals surface area contributed by atoms with Crippen molar-refractivity contribution in [2.24, 2.45) is 5.73 Å². The minimum atomic E-state index is -0.365. The first-order chi connectivity index (χ1) is 9.25. The minimum Gasteiger partial charge on any atom is -0.366 e. The van der Waals surface area contributed by atoms with Crippen LogP contribution in [-0.2, 0) is 6.42 Å². The van der Waals surface area contributed by atoms with Crippen LogP contribution in [0.5, 0.6) is 0 Å². The Morgan fingerprint density at radius 1 is 1.05 bits per heavy atom. The molecule has 2 heteroatoms.